The van der Waals surface area contributed by atoms with E-state index in [-0.39, 0.29) is 44.4 Å². The molecule has 274 valence electrons. The molecule has 0 unspecified atom stereocenters. The third kappa shape index (κ3) is 8.47. The van der Waals surface area contributed by atoms with E-state index in [0.29, 0.717) is 5.92 Å². The Bertz CT molecular complexity index is 891. The quantitative estimate of drug-likeness (QED) is 0.222. The summed E-state index contributed by atoms with van der Waals surface area (Å²) in [5, 5.41) is 0. The number of halogens is 12. The highest BCUT2D eigenvalue weighted by Gasteiger charge is 2.72. The fourth-order valence-corrected chi connectivity index (χ4v) is 8.64. The van der Waals surface area contributed by atoms with Gasteiger partial charge in [0.05, 0.1) is 0 Å². The van der Waals surface area contributed by atoms with Crippen molar-refractivity contribution in [2.75, 3.05) is 0 Å². The van der Waals surface area contributed by atoms with Crippen LogP contribution in [-0.2, 0) is 0 Å². The minimum absolute atomic E-state index is 0. The lowest BCUT2D eigenvalue weighted by Gasteiger charge is -2.49. The number of hydrogen-bond acceptors (Lipinski definition) is 0. The Morgan fingerprint density at radius 3 is 1.04 bits per heavy atom. The Labute approximate surface area is 267 Å². The highest BCUT2D eigenvalue weighted by Crippen LogP contribution is 2.63. The lowest BCUT2D eigenvalue weighted by atomic mass is 9.57. The standard InChI is InChI=1S/C14H20F6.C10H18.C9H12F6.CH4/c1-10-2-4-11(5-3-10)6-8-12(9-7-11,13(15,16)17)14(18,19)20;1-8-7-9-3-5-10(8,2)6-4-9;1-6-2-4-7(5-3-6,8(10,11)12)9(13,14)15;/h10H,2-9H2,1H3;8-9H,3-7H2,1-2H3;6H,2-5H2,1H3;1H4/t;8-,9?,10?;;/m.0../s1. The van der Waals surface area contributed by atoms with E-state index in [1.54, 1.807) is 6.92 Å². The van der Waals surface area contributed by atoms with Crippen molar-refractivity contribution in [2.45, 2.75) is 169 Å². The average molecular weight is 691 g/mol. The van der Waals surface area contributed by atoms with Crippen LogP contribution in [0.5, 0.6) is 0 Å². The number of fused-ring (bicyclic) bond motifs is 3. The van der Waals surface area contributed by atoms with Crippen molar-refractivity contribution in [1.29, 1.82) is 0 Å². The van der Waals surface area contributed by atoms with Gasteiger partial charge in [-0.25, -0.2) is 0 Å². The molecule has 0 radical (unpaired) electrons. The molecule has 0 heterocycles. The molecule has 1 spiro atoms. The molecule has 0 aromatic heterocycles. The lowest BCUT2D eigenvalue weighted by molar-refractivity contribution is -0.354. The molecule has 46 heavy (non-hydrogen) atoms. The summed E-state index contributed by atoms with van der Waals surface area (Å²) in [6, 6.07) is 0. The van der Waals surface area contributed by atoms with Gasteiger partial charge in [0.15, 0.2) is 10.8 Å². The van der Waals surface area contributed by atoms with E-state index >= 15 is 0 Å². The summed E-state index contributed by atoms with van der Waals surface area (Å²) in [6.45, 7) is 8.71. The van der Waals surface area contributed by atoms with E-state index in [1.165, 1.54) is 32.1 Å². The summed E-state index contributed by atoms with van der Waals surface area (Å²) in [7, 11) is 0. The van der Waals surface area contributed by atoms with Crippen molar-refractivity contribution in [3.63, 3.8) is 0 Å². The third-order valence-corrected chi connectivity index (χ3v) is 12.9. The van der Waals surface area contributed by atoms with Gasteiger partial charge in [-0.05, 0) is 131 Å². The van der Waals surface area contributed by atoms with Crippen molar-refractivity contribution >= 4 is 0 Å². The van der Waals surface area contributed by atoms with Crippen LogP contribution in [0, 0.1) is 45.3 Å². The Balaban J connectivity index is 0.000000250. The van der Waals surface area contributed by atoms with Crippen molar-refractivity contribution in [3.05, 3.63) is 0 Å². The van der Waals surface area contributed by atoms with Gasteiger partial charge in [0.1, 0.15) is 0 Å². The van der Waals surface area contributed by atoms with Crippen LogP contribution in [0.25, 0.3) is 0 Å². The molecule has 0 N–H and O–H groups in total. The second kappa shape index (κ2) is 14.2. The van der Waals surface area contributed by atoms with Gasteiger partial charge < -0.3 is 0 Å². The molecule has 6 fully saturated rings. The van der Waals surface area contributed by atoms with Crippen molar-refractivity contribution in [1.82, 2.24) is 0 Å². The van der Waals surface area contributed by atoms with Crippen molar-refractivity contribution in [3.8, 4) is 0 Å². The van der Waals surface area contributed by atoms with Gasteiger partial charge in [-0.1, -0.05) is 48.0 Å². The van der Waals surface area contributed by atoms with Crippen LogP contribution in [0.4, 0.5) is 52.7 Å². The predicted octanol–water partition coefficient (Wildman–Crippen LogP) is 14.0. The van der Waals surface area contributed by atoms with E-state index in [0.717, 1.165) is 42.9 Å². The summed E-state index contributed by atoms with van der Waals surface area (Å²) < 4.78 is 153. The molecular weight excluding hydrogens is 636 g/mol. The lowest BCUT2D eigenvalue weighted by Crippen LogP contribution is -2.53. The highest BCUT2D eigenvalue weighted by molar-refractivity contribution is 5.01. The van der Waals surface area contributed by atoms with Crippen LogP contribution in [0.15, 0.2) is 0 Å². The van der Waals surface area contributed by atoms with E-state index in [9.17, 15) is 52.7 Å². The Morgan fingerprint density at radius 2 is 0.761 bits per heavy atom. The van der Waals surface area contributed by atoms with Gasteiger partial charge in [0.2, 0.25) is 0 Å². The molecule has 6 rings (SSSR count). The number of alkyl halides is 12. The van der Waals surface area contributed by atoms with E-state index in [4.69, 9.17) is 0 Å². The number of hydrogen-bond donors (Lipinski definition) is 0. The van der Waals surface area contributed by atoms with Gasteiger partial charge >= 0.3 is 24.7 Å². The molecule has 6 aliphatic rings. The molecule has 0 aromatic carbocycles. The van der Waals surface area contributed by atoms with Crippen LogP contribution in [0.1, 0.15) is 144 Å². The van der Waals surface area contributed by atoms with Gasteiger partial charge in [0, 0.05) is 0 Å². The van der Waals surface area contributed by atoms with Crippen LogP contribution in [0.3, 0.4) is 0 Å². The molecule has 0 aromatic rings. The zero-order valence-corrected chi connectivity index (χ0v) is 26.9. The van der Waals surface area contributed by atoms with E-state index in [2.05, 4.69) is 20.8 Å². The van der Waals surface area contributed by atoms with Crippen molar-refractivity contribution in [2.24, 2.45) is 45.3 Å². The molecular formula is C34H54F12. The van der Waals surface area contributed by atoms with Gasteiger partial charge in [0.25, 0.3) is 0 Å². The second-order valence-corrected chi connectivity index (χ2v) is 15.8. The Morgan fingerprint density at radius 1 is 0.435 bits per heavy atom. The smallest absolute Gasteiger partial charge is 0.170 e. The molecule has 0 nitrogen and oxygen atoms in total. The van der Waals surface area contributed by atoms with E-state index < -0.39 is 61.2 Å². The molecule has 1 atom stereocenters. The zero-order valence-electron chi connectivity index (χ0n) is 26.9. The fourth-order valence-electron chi connectivity index (χ4n) is 8.64. The molecule has 2 bridgehead atoms. The summed E-state index contributed by atoms with van der Waals surface area (Å²) in [5.41, 5.74) is -6.47. The first-order chi connectivity index (χ1) is 20.3. The first-order valence-corrected chi connectivity index (χ1v) is 16.6. The Hall–Kier alpha value is -0.840. The summed E-state index contributed by atoms with van der Waals surface area (Å²) in [6.07, 6.45) is -13.0. The normalized spacial score (nSPS) is 31.6. The van der Waals surface area contributed by atoms with Gasteiger partial charge in [-0.2, -0.15) is 52.7 Å². The minimum atomic E-state index is -5.20. The minimum Gasteiger partial charge on any atom is -0.170 e. The molecule has 6 saturated carbocycles. The predicted molar refractivity (Wildman–Crippen MR) is 156 cm³/mol. The maximum atomic E-state index is 13.0. The SMILES string of the molecule is C.CC1CCC(C(F)(F)F)(C(F)(F)F)CC1.CC1CCC2(CC1)CCC(C(F)(F)F)(C(F)(F)F)CC2.C[C@H]1CC2CCC1(C)CC2. The maximum Gasteiger partial charge on any atom is 0.403 e. The highest BCUT2D eigenvalue weighted by atomic mass is 19.4. The van der Waals surface area contributed by atoms with Gasteiger partial charge in [-0.3, -0.25) is 0 Å². The molecule has 6 aliphatic carbocycles. The zero-order chi connectivity index (χ0) is 34.3. The second-order valence-electron chi connectivity index (χ2n) is 15.8. The largest absolute Gasteiger partial charge is 0.403 e. The summed E-state index contributed by atoms with van der Waals surface area (Å²) >= 11 is 0. The molecule has 12 heteroatoms. The fraction of sp³-hybridized carbons (Fsp3) is 1.00. The maximum absolute atomic E-state index is 13.0. The first kappa shape index (κ1) is 41.3. The van der Waals surface area contributed by atoms with Crippen molar-refractivity contribution < 1.29 is 52.7 Å². The first-order valence-electron chi connectivity index (χ1n) is 16.6. The monoisotopic (exact) mass is 690 g/mol. The van der Waals surface area contributed by atoms with Crippen LogP contribution in [0.2, 0.25) is 0 Å². The Kier molecular flexibility index (Phi) is 12.7. The molecule has 0 amide bonds. The van der Waals surface area contributed by atoms with E-state index in [1.807, 2.05) is 0 Å². The third-order valence-electron chi connectivity index (χ3n) is 12.9. The average Bonchev–Trinajstić information content (AvgIpc) is 2.90. The number of rotatable bonds is 0. The summed E-state index contributed by atoms with van der Waals surface area (Å²) in [5.74, 6) is 2.61. The van der Waals surface area contributed by atoms with Gasteiger partial charge in [-0.15, -0.1) is 0 Å². The topological polar surface area (TPSA) is 0 Å². The molecule has 0 aliphatic heterocycles. The summed E-state index contributed by atoms with van der Waals surface area (Å²) in [4.78, 5) is 0. The van der Waals surface area contributed by atoms with Crippen LogP contribution < -0.4 is 0 Å². The molecule has 0 saturated heterocycles. The van der Waals surface area contributed by atoms with Crippen LogP contribution in [-0.4, -0.2) is 24.7 Å². The van der Waals surface area contributed by atoms with Crippen LogP contribution >= 0.6 is 0 Å².